The lowest BCUT2D eigenvalue weighted by Crippen LogP contribution is -2.32. The Morgan fingerprint density at radius 1 is 1.29 bits per heavy atom. The van der Waals surface area contributed by atoms with Gasteiger partial charge >= 0.3 is 5.97 Å². The number of carbonyl (C=O) groups is 2. The van der Waals surface area contributed by atoms with Gasteiger partial charge in [0.15, 0.2) is 5.82 Å². The lowest BCUT2D eigenvalue weighted by Gasteiger charge is -2.05. The number of hydrogen-bond acceptors (Lipinski definition) is 7. The Morgan fingerprint density at radius 2 is 2.00 bits per heavy atom. The van der Waals surface area contributed by atoms with Crippen molar-refractivity contribution in [2.75, 3.05) is 24.7 Å². The Balaban J connectivity index is 1.91. The molecule has 2 rings (SSSR count). The molecule has 3 N–H and O–H groups in total. The van der Waals surface area contributed by atoms with E-state index in [9.17, 15) is 9.59 Å². The Labute approximate surface area is 143 Å². The zero-order chi connectivity index (χ0) is 17.5. The molecule has 1 heterocycles. The predicted octanol–water partition coefficient (Wildman–Crippen LogP) is 0.739. The monoisotopic (exact) mass is 349 g/mol. The largest absolute Gasteiger partial charge is 0.465 e. The van der Waals surface area contributed by atoms with Crippen LogP contribution in [0.3, 0.4) is 0 Å². The summed E-state index contributed by atoms with van der Waals surface area (Å²) < 4.78 is 6.07. The van der Waals surface area contributed by atoms with Crippen molar-refractivity contribution in [3.63, 3.8) is 0 Å². The quantitative estimate of drug-likeness (QED) is 0.431. The highest BCUT2D eigenvalue weighted by Gasteiger charge is 2.14. The molecule has 0 unspecified atom stereocenters. The van der Waals surface area contributed by atoms with E-state index in [1.165, 1.54) is 4.68 Å². The normalized spacial score (nSPS) is 10.4. The highest BCUT2D eigenvalue weighted by Crippen LogP contribution is 2.21. The Kier molecular flexibility index (Phi) is 6.19. The number of nitrogen functional groups attached to an aromatic ring is 1. The number of amides is 1. The maximum absolute atomic E-state index is 11.7. The first kappa shape index (κ1) is 17.8. The molecule has 0 bridgehead atoms. The second-order valence-electron chi connectivity index (χ2n) is 4.91. The van der Waals surface area contributed by atoms with Crippen molar-refractivity contribution in [2.24, 2.45) is 0 Å². The standard InChI is InChI=1S/C15H19N5O3S/c1-3-23-13(22)8-17-12(21)9-24-15-19-18-14(20(15)16)11-6-4-10(2)5-7-11/h4-7H,3,8-9,16H2,1-2H3,(H,17,21). The number of rotatable bonds is 7. The molecule has 24 heavy (non-hydrogen) atoms. The van der Waals surface area contributed by atoms with Gasteiger partial charge in [0.05, 0.1) is 12.4 Å². The number of thioether (sulfide) groups is 1. The van der Waals surface area contributed by atoms with Crippen LogP contribution >= 0.6 is 11.8 Å². The molecule has 9 heteroatoms. The fraction of sp³-hybridized carbons (Fsp3) is 0.333. The molecule has 1 amide bonds. The molecule has 0 aliphatic rings. The molecule has 128 valence electrons. The van der Waals surface area contributed by atoms with Gasteiger partial charge in [0.2, 0.25) is 11.1 Å². The molecule has 0 atom stereocenters. The van der Waals surface area contributed by atoms with Crippen molar-refractivity contribution in [3.05, 3.63) is 29.8 Å². The first-order chi connectivity index (χ1) is 11.5. The second kappa shape index (κ2) is 8.34. The van der Waals surface area contributed by atoms with Gasteiger partial charge in [-0.1, -0.05) is 41.6 Å². The van der Waals surface area contributed by atoms with Crippen molar-refractivity contribution in [1.29, 1.82) is 0 Å². The minimum atomic E-state index is -0.473. The van der Waals surface area contributed by atoms with E-state index in [1.54, 1.807) is 6.92 Å². The number of nitrogens with one attached hydrogen (secondary N) is 1. The summed E-state index contributed by atoms with van der Waals surface area (Å²) in [5.41, 5.74) is 1.98. The van der Waals surface area contributed by atoms with Crippen LogP contribution in [0.1, 0.15) is 12.5 Å². The number of nitrogens with two attached hydrogens (primary N) is 1. The smallest absolute Gasteiger partial charge is 0.325 e. The Hall–Kier alpha value is -2.55. The van der Waals surface area contributed by atoms with Gasteiger partial charge in [-0.3, -0.25) is 9.59 Å². The third-order valence-corrected chi connectivity index (χ3v) is 3.98. The van der Waals surface area contributed by atoms with Crippen molar-refractivity contribution in [3.8, 4) is 11.4 Å². The highest BCUT2D eigenvalue weighted by molar-refractivity contribution is 7.99. The summed E-state index contributed by atoms with van der Waals surface area (Å²) in [6.07, 6.45) is 0. The number of hydrogen-bond donors (Lipinski definition) is 2. The topological polar surface area (TPSA) is 112 Å². The van der Waals surface area contributed by atoms with Crippen LogP contribution in [0.15, 0.2) is 29.4 Å². The molecule has 0 spiro atoms. The average molecular weight is 349 g/mol. The summed E-state index contributed by atoms with van der Waals surface area (Å²) in [6.45, 7) is 3.82. The maximum atomic E-state index is 11.7. The third-order valence-electron chi connectivity index (χ3n) is 3.04. The van der Waals surface area contributed by atoms with Crippen molar-refractivity contribution in [2.45, 2.75) is 19.0 Å². The molecule has 0 saturated heterocycles. The molecule has 0 fully saturated rings. The number of aromatic nitrogens is 3. The molecule has 0 aliphatic heterocycles. The van der Waals surface area contributed by atoms with E-state index in [1.807, 2.05) is 31.2 Å². The summed E-state index contributed by atoms with van der Waals surface area (Å²) in [6, 6.07) is 7.73. The minimum Gasteiger partial charge on any atom is -0.465 e. The Morgan fingerprint density at radius 3 is 2.67 bits per heavy atom. The molecular formula is C15H19N5O3S. The number of benzene rings is 1. The van der Waals surface area contributed by atoms with Crippen LogP contribution in [0.5, 0.6) is 0 Å². The first-order valence-electron chi connectivity index (χ1n) is 7.34. The van der Waals surface area contributed by atoms with Gasteiger partial charge in [0, 0.05) is 5.56 Å². The van der Waals surface area contributed by atoms with Gasteiger partial charge in [0.1, 0.15) is 6.54 Å². The number of ether oxygens (including phenoxy) is 1. The summed E-state index contributed by atoms with van der Waals surface area (Å²) in [4.78, 5) is 22.9. The van der Waals surface area contributed by atoms with Gasteiger partial charge < -0.3 is 15.9 Å². The van der Waals surface area contributed by atoms with Crippen molar-refractivity contribution < 1.29 is 14.3 Å². The van der Waals surface area contributed by atoms with Crippen LogP contribution in [0.2, 0.25) is 0 Å². The number of esters is 1. The number of nitrogens with zero attached hydrogens (tertiary/aromatic N) is 3. The summed E-state index contributed by atoms with van der Waals surface area (Å²) in [5.74, 6) is 5.79. The zero-order valence-electron chi connectivity index (χ0n) is 13.5. The minimum absolute atomic E-state index is 0.0721. The van der Waals surface area contributed by atoms with Crippen LogP contribution in [0, 0.1) is 6.92 Å². The zero-order valence-corrected chi connectivity index (χ0v) is 14.3. The molecule has 2 aromatic rings. The van der Waals surface area contributed by atoms with Gasteiger partial charge in [0.25, 0.3) is 0 Å². The molecule has 0 aliphatic carbocycles. The summed E-state index contributed by atoms with van der Waals surface area (Å²) in [7, 11) is 0. The number of carbonyl (C=O) groups excluding carboxylic acids is 2. The predicted molar refractivity (Wildman–Crippen MR) is 90.7 cm³/mol. The first-order valence-corrected chi connectivity index (χ1v) is 8.32. The van der Waals surface area contributed by atoms with E-state index >= 15 is 0 Å². The van der Waals surface area contributed by atoms with Gasteiger partial charge in [-0.15, -0.1) is 10.2 Å². The van der Waals surface area contributed by atoms with E-state index < -0.39 is 5.97 Å². The van der Waals surface area contributed by atoms with Gasteiger partial charge in [-0.05, 0) is 13.8 Å². The van der Waals surface area contributed by atoms with Crippen molar-refractivity contribution in [1.82, 2.24) is 20.2 Å². The van der Waals surface area contributed by atoms with Crippen LogP contribution in [-0.2, 0) is 14.3 Å². The highest BCUT2D eigenvalue weighted by atomic mass is 32.2. The van der Waals surface area contributed by atoms with Gasteiger partial charge in [-0.2, -0.15) is 0 Å². The third kappa shape index (κ3) is 4.72. The van der Waals surface area contributed by atoms with Crippen LogP contribution in [-0.4, -0.2) is 45.7 Å². The van der Waals surface area contributed by atoms with Crippen LogP contribution < -0.4 is 11.2 Å². The molecule has 0 saturated carbocycles. The maximum Gasteiger partial charge on any atom is 0.325 e. The fourth-order valence-electron chi connectivity index (χ4n) is 1.84. The lowest BCUT2D eigenvalue weighted by atomic mass is 10.1. The average Bonchev–Trinajstić information content (AvgIpc) is 2.93. The van der Waals surface area contributed by atoms with E-state index in [0.717, 1.165) is 22.9 Å². The van der Waals surface area contributed by atoms with E-state index in [0.29, 0.717) is 11.0 Å². The Bertz CT molecular complexity index is 714. The molecule has 0 radical (unpaired) electrons. The molecule has 1 aromatic carbocycles. The number of aryl methyl sites for hydroxylation is 1. The summed E-state index contributed by atoms with van der Waals surface area (Å²) in [5, 5.41) is 10.9. The van der Waals surface area contributed by atoms with Crippen LogP contribution in [0.4, 0.5) is 0 Å². The molecule has 1 aromatic heterocycles. The van der Waals surface area contributed by atoms with Gasteiger partial charge in [-0.25, -0.2) is 4.68 Å². The van der Waals surface area contributed by atoms with Crippen LogP contribution in [0.25, 0.3) is 11.4 Å². The summed E-state index contributed by atoms with van der Waals surface area (Å²) >= 11 is 1.14. The SMILES string of the molecule is CCOC(=O)CNC(=O)CSc1nnc(-c2ccc(C)cc2)n1N. The second-order valence-corrected chi connectivity index (χ2v) is 5.86. The fourth-order valence-corrected chi connectivity index (χ4v) is 2.53. The molecular weight excluding hydrogens is 330 g/mol. The van der Waals surface area contributed by atoms with E-state index in [2.05, 4.69) is 15.5 Å². The lowest BCUT2D eigenvalue weighted by molar-refractivity contribution is -0.143. The van der Waals surface area contributed by atoms with E-state index in [4.69, 9.17) is 10.6 Å². The molecule has 8 nitrogen and oxygen atoms in total. The van der Waals surface area contributed by atoms with E-state index in [-0.39, 0.29) is 24.8 Å². The van der Waals surface area contributed by atoms with Crippen molar-refractivity contribution >= 4 is 23.6 Å².